The van der Waals surface area contributed by atoms with E-state index in [9.17, 15) is 14.7 Å². The van der Waals surface area contributed by atoms with E-state index in [1.807, 2.05) is 6.08 Å². The fourth-order valence-electron chi connectivity index (χ4n) is 4.57. The lowest BCUT2D eigenvalue weighted by Gasteiger charge is -2.32. The third kappa shape index (κ3) is 2.35. The average molecular weight is 398 g/mol. The first-order valence-electron chi connectivity index (χ1n) is 9.09. The molecule has 1 aromatic carbocycles. The molecule has 1 N–H and O–H groups in total. The second kappa shape index (κ2) is 6.12. The highest BCUT2D eigenvalue weighted by Crippen LogP contribution is 2.58. The molecule has 8 nitrogen and oxygen atoms in total. The number of rotatable bonds is 3. The number of hydrogen-bond donors (Lipinski definition) is 1. The summed E-state index contributed by atoms with van der Waals surface area (Å²) in [6.07, 6.45) is 5.30. The number of methoxy groups -OCH3 is 2. The van der Waals surface area contributed by atoms with Gasteiger partial charge >= 0.3 is 11.9 Å². The summed E-state index contributed by atoms with van der Waals surface area (Å²) < 4.78 is 27.4. The van der Waals surface area contributed by atoms with Gasteiger partial charge in [-0.3, -0.25) is 0 Å². The maximum Gasteiger partial charge on any atom is 0.337 e. The molecule has 0 bridgehead atoms. The van der Waals surface area contributed by atoms with Crippen LogP contribution in [-0.4, -0.2) is 49.3 Å². The van der Waals surface area contributed by atoms with Gasteiger partial charge in [-0.25, -0.2) is 9.59 Å². The Kier molecular flexibility index (Phi) is 3.76. The quantitative estimate of drug-likeness (QED) is 0.467. The first-order chi connectivity index (χ1) is 14.0. The van der Waals surface area contributed by atoms with Crippen LogP contribution in [-0.2, 0) is 28.5 Å². The Labute approximate surface area is 165 Å². The largest absolute Gasteiger partial charge is 0.504 e. The van der Waals surface area contributed by atoms with Gasteiger partial charge in [0.05, 0.1) is 37.5 Å². The molecule has 2 fully saturated rings. The number of carbonyl (C=O) groups excluding carboxylic acids is 2. The zero-order chi connectivity index (χ0) is 20.3. The molecule has 5 rings (SSSR count). The maximum atomic E-state index is 12.7. The molecule has 3 heterocycles. The van der Waals surface area contributed by atoms with Gasteiger partial charge < -0.3 is 28.8 Å². The molecule has 3 aliphatic heterocycles. The minimum atomic E-state index is -1.03. The Morgan fingerprint density at radius 3 is 2.90 bits per heavy atom. The van der Waals surface area contributed by atoms with Gasteiger partial charge in [0.1, 0.15) is 6.10 Å². The summed E-state index contributed by atoms with van der Waals surface area (Å²) in [6, 6.07) is 4.76. The highest BCUT2D eigenvalue weighted by molar-refractivity contribution is 5.99. The molecule has 1 aromatic rings. The molecule has 0 saturated carbocycles. The predicted octanol–water partition coefficient (Wildman–Crippen LogP) is 1.69. The summed E-state index contributed by atoms with van der Waals surface area (Å²) in [6.45, 7) is 0. The molecule has 0 radical (unpaired) electrons. The standard InChI is InChI=1S/C21H18O8/c1-25-15-8-10(3-4-14(15)22)7-12-17-21(29-19(12)24)6-5-11-13(18(23)26-2)9-27-20(28-17)16(11)21/h3-9,11,16-17,20,22H,1-2H3/b12-7+. The molecular weight excluding hydrogens is 380 g/mol. The number of phenols is 1. The number of allylic oxidation sites excluding steroid dienone is 1. The lowest BCUT2D eigenvalue weighted by atomic mass is 9.78. The highest BCUT2D eigenvalue weighted by atomic mass is 16.7. The van der Waals surface area contributed by atoms with Crippen molar-refractivity contribution in [2.45, 2.75) is 18.0 Å². The van der Waals surface area contributed by atoms with Crippen molar-refractivity contribution < 1.29 is 38.4 Å². The van der Waals surface area contributed by atoms with E-state index in [1.54, 1.807) is 24.3 Å². The number of esters is 2. The van der Waals surface area contributed by atoms with Gasteiger partial charge in [-0.15, -0.1) is 0 Å². The van der Waals surface area contributed by atoms with Gasteiger partial charge in [0, 0.05) is 5.92 Å². The van der Waals surface area contributed by atoms with Crippen molar-refractivity contribution in [3.63, 3.8) is 0 Å². The summed E-state index contributed by atoms with van der Waals surface area (Å²) in [4.78, 5) is 24.8. The SMILES string of the molecule is COC(=O)C1=COC2OC3/C(=C\c4ccc(O)c(OC)c4)C(=O)OC34C=CC1C24. The highest BCUT2D eigenvalue weighted by Gasteiger charge is 2.70. The molecule has 1 spiro atoms. The van der Waals surface area contributed by atoms with Gasteiger partial charge in [-0.1, -0.05) is 12.1 Å². The summed E-state index contributed by atoms with van der Waals surface area (Å²) in [5, 5.41) is 9.78. The van der Waals surface area contributed by atoms with E-state index < -0.39 is 29.9 Å². The smallest absolute Gasteiger partial charge is 0.337 e. The van der Waals surface area contributed by atoms with Gasteiger partial charge in [-0.2, -0.15) is 0 Å². The Morgan fingerprint density at radius 1 is 1.31 bits per heavy atom. The lowest BCUT2D eigenvalue weighted by molar-refractivity contribution is -0.152. The van der Waals surface area contributed by atoms with Crippen LogP contribution in [0, 0.1) is 11.8 Å². The van der Waals surface area contributed by atoms with Gasteiger partial charge in [0.2, 0.25) is 6.29 Å². The lowest BCUT2D eigenvalue weighted by Crippen LogP contribution is -2.43. The van der Waals surface area contributed by atoms with E-state index in [-0.39, 0.29) is 23.3 Å². The minimum Gasteiger partial charge on any atom is -0.504 e. The van der Waals surface area contributed by atoms with Crippen LogP contribution in [0.25, 0.3) is 6.08 Å². The Morgan fingerprint density at radius 2 is 2.14 bits per heavy atom. The molecule has 8 heteroatoms. The van der Waals surface area contributed by atoms with Crippen molar-refractivity contribution in [1.29, 1.82) is 0 Å². The van der Waals surface area contributed by atoms with Gasteiger partial charge in [0.25, 0.3) is 0 Å². The van der Waals surface area contributed by atoms with E-state index >= 15 is 0 Å². The fourth-order valence-corrected chi connectivity index (χ4v) is 4.57. The zero-order valence-corrected chi connectivity index (χ0v) is 15.7. The fraction of sp³-hybridized carbons (Fsp3) is 0.333. The summed E-state index contributed by atoms with van der Waals surface area (Å²) >= 11 is 0. The van der Waals surface area contributed by atoms with E-state index in [4.69, 9.17) is 23.7 Å². The molecule has 5 atom stereocenters. The topological polar surface area (TPSA) is 101 Å². The second-order valence-corrected chi connectivity index (χ2v) is 7.27. The molecule has 5 unspecified atom stereocenters. The maximum absolute atomic E-state index is 12.7. The van der Waals surface area contributed by atoms with E-state index in [0.29, 0.717) is 16.7 Å². The third-order valence-corrected chi connectivity index (χ3v) is 5.87. The molecule has 150 valence electrons. The Hall–Kier alpha value is -3.26. The molecule has 1 aliphatic carbocycles. The molecule has 4 aliphatic rings. The van der Waals surface area contributed by atoms with Crippen molar-refractivity contribution >= 4 is 18.0 Å². The summed E-state index contributed by atoms with van der Waals surface area (Å²) in [5.74, 6) is -1.41. The van der Waals surface area contributed by atoms with Crippen LogP contribution in [0.4, 0.5) is 0 Å². The van der Waals surface area contributed by atoms with Crippen molar-refractivity contribution in [3.05, 3.63) is 53.3 Å². The van der Waals surface area contributed by atoms with Gasteiger partial charge in [0.15, 0.2) is 17.1 Å². The van der Waals surface area contributed by atoms with Crippen LogP contribution >= 0.6 is 0 Å². The number of phenolic OH excluding ortho intramolecular Hbond substituents is 1. The van der Waals surface area contributed by atoms with Crippen LogP contribution in [0.1, 0.15) is 5.56 Å². The van der Waals surface area contributed by atoms with Crippen molar-refractivity contribution in [2.75, 3.05) is 14.2 Å². The number of aromatic hydroxyl groups is 1. The summed E-state index contributed by atoms with van der Waals surface area (Å²) in [5.41, 5.74) is 0.311. The first kappa shape index (κ1) is 17.8. The van der Waals surface area contributed by atoms with Gasteiger partial charge in [-0.05, 0) is 29.8 Å². The van der Waals surface area contributed by atoms with Crippen LogP contribution in [0.15, 0.2) is 47.8 Å². The van der Waals surface area contributed by atoms with E-state index in [1.165, 1.54) is 26.5 Å². The van der Waals surface area contributed by atoms with Crippen molar-refractivity contribution in [2.24, 2.45) is 11.8 Å². The predicted molar refractivity (Wildman–Crippen MR) is 97.4 cm³/mol. The van der Waals surface area contributed by atoms with Crippen LogP contribution < -0.4 is 4.74 Å². The van der Waals surface area contributed by atoms with Crippen molar-refractivity contribution in [3.8, 4) is 11.5 Å². The van der Waals surface area contributed by atoms with Crippen LogP contribution in [0.2, 0.25) is 0 Å². The van der Waals surface area contributed by atoms with E-state index in [0.717, 1.165) is 0 Å². The number of benzene rings is 1. The van der Waals surface area contributed by atoms with Crippen LogP contribution in [0.5, 0.6) is 11.5 Å². The first-order valence-corrected chi connectivity index (χ1v) is 9.09. The second-order valence-electron chi connectivity index (χ2n) is 7.27. The third-order valence-electron chi connectivity index (χ3n) is 5.87. The van der Waals surface area contributed by atoms with Crippen molar-refractivity contribution in [1.82, 2.24) is 0 Å². The molecule has 0 amide bonds. The molecule has 29 heavy (non-hydrogen) atoms. The minimum absolute atomic E-state index is 0.000336. The number of hydrogen-bond acceptors (Lipinski definition) is 8. The Bertz CT molecular complexity index is 1010. The summed E-state index contributed by atoms with van der Waals surface area (Å²) in [7, 11) is 2.75. The Balaban J connectivity index is 1.52. The van der Waals surface area contributed by atoms with Crippen LogP contribution in [0.3, 0.4) is 0 Å². The number of ether oxygens (including phenoxy) is 5. The normalized spacial score (nSPS) is 34.9. The average Bonchev–Trinajstić information content (AvgIpc) is 3.33. The monoisotopic (exact) mass is 398 g/mol. The molecular formula is C21H18O8. The zero-order valence-electron chi connectivity index (χ0n) is 15.7. The molecule has 2 saturated heterocycles. The van der Waals surface area contributed by atoms with E-state index in [2.05, 4.69) is 0 Å². The molecule has 0 aromatic heterocycles. The number of carbonyl (C=O) groups is 2.